The minimum absolute atomic E-state index is 0.163. The Morgan fingerprint density at radius 3 is 2.79 bits per heavy atom. The van der Waals surface area contributed by atoms with Crippen molar-refractivity contribution in [2.75, 3.05) is 12.1 Å². The molecule has 0 spiro atoms. The Morgan fingerprint density at radius 2 is 1.88 bits per heavy atom. The maximum Gasteiger partial charge on any atom is 0.258 e. The number of anilines is 1. The minimum Gasteiger partial charge on any atom is -0.454 e. The van der Waals surface area contributed by atoms with Gasteiger partial charge in [-0.25, -0.2) is 4.98 Å². The molecule has 1 aliphatic heterocycles. The number of ether oxygens (including phenoxy) is 2. The lowest BCUT2D eigenvalue weighted by molar-refractivity contribution is 0.174. The number of hydrogen-bond donors (Lipinski definition) is 2. The van der Waals surface area contributed by atoms with E-state index >= 15 is 0 Å². The summed E-state index contributed by atoms with van der Waals surface area (Å²) in [6.07, 6.45) is 1.96. The minimum atomic E-state index is -0.163. The average Bonchev–Trinajstić information content (AvgIpc) is 3.43. The second-order valence-electron chi connectivity index (χ2n) is 8.29. The lowest BCUT2D eigenvalue weighted by Gasteiger charge is -2.10. The smallest absolute Gasteiger partial charge is 0.258 e. The zero-order valence-electron chi connectivity index (χ0n) is 18.3. The Bertz CT molecular complexity index is 1600. The maximum absolute atomic E-state index is 13.1. The van der Waals surface area contributed by atoms with Gasteiger partial charge in [0.15, 0.2) is 11.5 Å². The first-order valence-corrected chi connectivity index (χ1v) is 10.8. The molecular formula is C26H22N4O3. The normalized spacial score (nSPS) is 12.5. The number of fused-ring (bicyclic) bond motifs is 3. The second kappa shape index (κ2) is 7.41. The molecular weight excluding hydrogens is 416 g/mol. The summed E-state index contributed by atoms with van der Waals surface area (Å²) in [7, 11) is 0. The number of rotatable bonds is 4. The number of H-pyrrole nitrogens is 1. The third-order valence-electron chi connectivity index (χ3n) is 6.09. The van der Waals surface area contributed by atoms with Crippen molar-refractivity contribution in [3.05, 3.63) is 87.8 Å². The molecule has 33 heavy (non-hydrogen) atoms. The number of imidazole rings is 1. The Hall–Kier alpha value is -4.26. The number of aromatic amines is 1. The Kier molecular flexibility index (Phi) is 4.36. The standard InChI is InChI=1S/C26H22N4O3/c1-15-5-3-7-18-12-19(26(31)29-22(15)18)23-25(30-10-4-6-16(2)24(30)28-23)27-13-17-8-9-20-21(11-17)33-14-32-20/h3-12,27H,13-14H2,1-2H3,(H,29,31). The quantitative estimate of drug-likeness (QED) is 0.421. The molecule has 6 rings (SSSR count). The summed E-state index contributed by atoms with van der Waals surface area (Å²) in [4.78, 5) is 21.1. The summed E-state index contributed by atoms with van der Waals surface area (Å²) in [5, 5.41) is 4.48. The van der Waals surface area contributed by atoms with Crippen LogP contribution in [0.15, 0.2) is 65.6 Å². The molecule has 164 valence electrons. The number of nitrogens with one attached hydrogen (secondary N) is 2. The SMILES string of the molecule is Cc1cccc2cc(-c3nc4c(C)cccn4c3NCc3ccc4c(c3)OCO4)c(=O)[nH]c12. The molecule has 7 heteroatoms. The molecule has 7 nitrogen and oxygen atoms in total. The van der Waals surface area contributed by atoms with E-state index in [0.29, 0.717) is 17.8 Å². The van der Waals surface area contributed by atoms with Gasteiger partial charge in [-0.05, 0) is 60.2 Å². The molecule has 0 atom stereocenters. The number of aromatic nitrogens is 3. The number of hydrogen-bond acceptors (Lipinski definition) is 5. The highest BCUT2D eigenvalue weighted by Crippen LogP contribution is 2.34. The van der Waals surface area contributed by atoms with Gasteiger partial charge in [-0.3, -0.25) is 9.20 Å². The van der Waals surface area contributed by atoms with Crippen molar-refractivity contribution in [2.45, 2.75) is 20.4 Å². The van der Waals surface area contributed by atoms with Crippen molar-refractivity contribution in [1.82, 2.24) is 14.4 Å². The summed E-state index contributed by atoms with van der Waals surface area (Å²) in [6, 6.07) is 17.8. The molecule has 0 unspecified atom stereocenters. The van der Waals surface area contributed by atoms with Crippen LogP contribution in [-0.2, 0) is 6.54 Å². The van der Waals surface area contributed by atoms with Gasteiger partial charge >= 0.3 is 0 Å². The number of aryl methyl sites for hydroxylation is 2. The number of pyridine rings is 2. The van der Waals surface area contributed by atoms with Gasteiger partial charge in [0.05, 0.1) is 11.1 Å². The van der Waals surface area contributed by atoms with Gasteiger partial charge in [-0.1, -0.05) is 30.3 Å². The molecule has 1 aliphatic rings. The monoisotopic (exact) mass is 438 g/mol. The van der Waals surface area contributed by atoms with E-state index in [1.54, 1.807) is 0 Å². The molecule has 0 bridgehead atoms. The summed E-state index contributed by atoms with van der Waals surface area (Å²) < 4.78 is 12.9. The summed E-state index contributed by atoms with van der Waals surface area (Å²) >= 11 is 0. The van der Waals surface area contributed by atoms with E-state index < -0.39 is 0 Å². The van der Waals surface area contributed by atoms with Crippen molar-refractivity contribution in [1.29, 1.82) is 0 Å². The van der Waals surface area contributed by atoms with E-state index in [1.165, 1.54) is 0 Å². The van der Waals surface area contributed by atoms with Crippen molar-refractivity contribution >= 4 is 22.4 Å². The third kappa shape index (κ3) is 3.20. The first-order valence-electron chi connectivity index (χ1n) is 10.8. The maximum atomic E-state index is 13.1. The Morgan fingerprint density at radius 1 is 1.03 bits per heavy atom. The van der Waals surface area contributed by atoms with Crippen LogP contribution in [0.25, 0.3) is 27.8 Å². The lowest BCUT2D eigenvalue weighted by Crippen LogP contribution is -2.11. The first kappa shape index (κ1) is 19.4. The van der Waals surface area contributed by atoms with Gasteiger partial charge in [0.1, 0.15) is 17.2 Å². The number of para-hydroxylation sites is 1. The Labute approximate surface area is 189 Å². The number of benzene rings is 2. The molecule has 0 fully saturated rings. The summed E-state index contributed by atoms with van der Waals surface area (Å²) in [5.41, 5.74) is 5.75. The van der Waals surface area contributed by atoms with E-state index in [1.807, 2.05) is 79.0 Å². The van der Waals surface area contributed by atoms with Crippen LogP contribution in [0, 0.1) is 13.8 Å². The van der Waals surface area contributed by atoms with Crippen LogP contribution in [-0.4, -0.2) is 21.2 Å². The van der Waals surface area contributed by atoms with Gasteiger partial charge in [0.2, 0.25) is 6.79 Å². The molecule has 0 radical (unpaired) electrons. The predicted octanol–water partition coefficient (Wildman–Crippen LogP) is 4.80. The van der Waals surface area contributed by atoms with Crippen LogP contribution >= 0.6 is 0 Å². The zero-order valence-corrected chi connectivity index (χ0v) is 18.3. The van der Waals surface area contributed by atoms with Gasteiger partial charge in [0.25, 0.3) is 5.56 Å². The topological polar surface area (TPSA) is 80.7 Å². The summed E-state index contributed by atoms with van der Waals surface area (Å²) in [6.45, 7) is 4.79. The number of nitrogens with zero attached hydrogens (tertiary/aromatic N) is 2. The highest BCUT2D eigenvalue weighted by atomic mass is 16.7. The van der Waals surface area contributed by atoms with E-state index in [0.717, 1.165) is 50.6 Å². The van der Waals surface area contributed by atoms with Crippen molar-refractivity contribution in [3.63, 3.8) is 0 Å². The van der Waals surface area contributed by atoms with Crippen molar-refractivity contribution in [3.8, 4) is 22.8 Å². The van der Waals surface area contributed by atoms with Crippen LogP contribution in [0.3, 0.4) is 0 Å². The Balaban J connectivity index is 1.48. The van der Waals surface area contributed by atoms with Crippen LogP contribution in [0.1, 0.15) is 16.7 Å². The first-order chi connectivity index (χ1) is 16.1. The average molecular weight is 438 g/mol. The molecule has 0 aliphatic carbocycles. The fraction of sp³-hybridized carbons (Fsp3) is 0.154. The molecule has 3 aromatic heterocycles. The fourth-order valence-electron chi connectivity index (χ4n) is 4.36. The third-order valence-corrected chi connectivity index (χ3v) is 6.09. The molecule has 0 amide bonds. The van der Waals surface area contributed by atoms with Crippen LogP contribution in [0.2, 0.25) is 0 Å². The van der Waals surface area contributed by atoms with Gasteiger partial charge in [-0.2, -0.15) is 0 Å². The summed E-state index contributed by atoms with van der Waals surface area (Å²) in [5.74, 6) is 2.26. The van der Waals surface area contributed by atoms with Crippen molar-refractivity contribution in [2.24, 2.45) is 0 Å². The van der Waals surface area contributed by atoms with E-state index in [2.05, 4.69) is 10.3 Å². The van der Waals surface area contributed by atoms with Gasteiger partial charge < -0.3 is 19.8 Å². The zero-order chi connectivity index (χ0) is 22.5. The van der Waals surface area contributed by atoms with E-state index in [4.69, 9.17) is 14.5 Å². The van der Waals surface area contributed by atoms with Gasteiger partial charge in [0, 0.05) is 12.7 Å². The van der Waals surface area contributed by atoms with Gasteiger partial charge in [-0.15, -0.1) is 0 Å². The molecule has 0 saturated heterocycles. The molecule has 2 N–H and O–H groups in total. The van der Waals surface area contributed by atoms with Crippen LogP contribution in [0.4, 0.5) is 5.82 Å². The molecule has 0 saturated carbocycles. The predicted molar refractivity (Wildman–Crippen MR) is 128 cm³/mol. The lowest BCUT2D eigenvalue weighted by atomic mass is 10.1. The molecule has 5 aromatic rings. The fourth-order valence-corrected chi connectivity index (χ4v) is 4.36. The van der Waals surface area contributed by atoms with Crippen LogP contribution < -0.4 is 20.3 Å². The van der Waals surface area contributed by atoms with Crippen molar-refractivity contribution < 1.29 is 9.47 Å². The van der Waals surface area contributed by atoms with E-state index in [-0.39, 0.29) is 12.4 Å². The molecule has 2 aromatic carbocycles. The largest absolute Gasteiger partial charge is 0.454 e. The highest BCUT2D eigenvalue weighted by molar-refractivity contribution is 5.87. The van der Waals surface area contributed by atoms with E-state index in [9.17, 15) is 4.79 Å². The second-order valence-corrected chi connectivity index (χ2v) is 8.29. The highest BCUT2D eigenvalue weighted by Gasteiger charge is 2.19. The van der Waals surface area contributed by atoms with Crippen LogP contribution in [0.5, 0.6) is 11.5 Å². The molecule has 4 heterocycles.